The fourth-order valence-corrected chi connectivity index (χ4v) is 1.49. The van der Waals surface area contributed by atoms with Crippen LogP contribution in [0.15, 0.2) is 30.3 Å². The van der Waals surface area contributed by atoms with Gasteiger partial charge in [0, 0.05) is 11.6 Å². The summed E-state index contributed by atoms with van der Waals surface area (Å²) >= 11 is 0. The third-order valence-corrected chi connectivity index (χ3v) is 2.32. The van der Waals surface area contributed by atoms with Gasteiger partial charge in [0.25, 0.3) is 0 Å². The molecule has 1 aliphatic rings. The Bertz CT molecular complexity index is 263. The summed E-state index contributed by atoms with van der Waals surface area (Å²) in [4.78, 5) is 0. The highest BCUT2D eigenvalue weighted by Gasteiger charge is 2.25. The number of rotatable bonds is 1. The van der Waals surface area contributed by atoms with Gasteiger partial charge in [0.2, 0.25) is 0 Å². The van der Waals surface area contributed by atoms with Gasteiger partial charge in [0.05, 0.1) is 0 Å². The molecule has 1 nitrogen and oxygen atoms in total. The van der Waals surface area contributed by atoms with Crippen molar-refractivity contribution in [2.24, 2.45) is 0 Å². The van der Waals surface area contributed by atoms with Gasteiger partial charge < -0.3 is 5.41 Å². The minimum atomic E-state index is 0.441. The molecular weight excluding hydrogens is 134 g/mol. The first-order valence-electron chi connectivity index (χ1n) is 4.00. The van der Waals surface area contributed by atoms with Gasteiger partial charge in [-0.3, -0.25) is 0 Å². The molecule has 1 N–H and O–H groups in total. The van der Waals surface area contributed by atoms with Crippen molar-refractivity contribution >= 4 is 5.71 Å². The van der Waals surface area contributed by atoms with Gasteiger partial charge in [0.1, 0.15) is 0 Å². The summed E-state index contributed by atoms with van der Waals surface area (Å²) in [6, 6.07) is 10.3. The molecule has 1 aromatic rings. The molecule has 1 aromatic carbocycles. The van der Waals surface area contributed by atoms with E-state index in [4.69, 9.17) is 5.41 Å². The third kappa shape index (κ3) is 1.07. The van der Waals surface area contributed by atoms with Crippen molar-refractivity contribution in [3.63, 3.8) is 0 Å². The van der Waals surface area contributed by atoms with Crippen LogP contribution in [0, 0.1) is 5.41 Å². The highest BCUT2D eigenvalue weighted by molar-refractivity contribution is 5.93. The minimum absolute atomic E-state index is 0.441. The average molecular weight is 145 g/mol. The Balaban J connectivity index is 2.23. The van der Waals surface area contributed by atoms with Crippen molar-refractivity contribution in [2.75, 3.05) is 0 Å². The topological polar surface area (TPSA) is 23.9 Å². The summed E-state index contributed by atoms with van der Waals surface area (Å²) in [5.41, 5.74) is 2.21. The van der Waals surface area contributed by atoms with Gasteiger partial charge in [-0.05, 0) is 18.4 Å². The predicted molar refractivity (Wildman–Crippen MR) is 46.1 cm³/mol. The Morgan fingerprint density at radius 2 is 1.91 bits per heavy atom. The number of benzene rings is 1. The number of hydrogen-bond donors (Lipinski definition) is 1. The molecule has 1 unspecified atom stereocenters. The minimum Gasteiger partial charge on any atom is -0.309 e. The molecule has 1 fully saturated rings. The molecule has 1 saturated carbocycles. The molecule has 1 aliphatic carbocycles. The molecule has 2 rings (SSSR count). The van der Waals surface area contributed by atoms with Crippen molar-refractivity contribution in [2.45, 2.75) is 18.8 Å². The third-order valence-electron chi connectivity index (χ3n) is 2.32. The Morgan fingerprint density at radius 3 is 2.36 bits per heavy atom. The quantitative estimate of drug-likeness (QED) is 0.628. The lowest BCUT2D eigenvalue weighted by molar-refractivity contribution is 0.685. The molecule has 0 heterocycles. The second-order valence-corrected chi connectivity index (χ2v) is 3.03. The first-order chi connectivity index (χ1) is 5.38. The summed E-state index contributed by atoms with van der Waals surface area (Å²) in [5, 5.41) is 7.52. The van der Waals surface area contributed by atoms with Crippen molar-refractivity contribution in [1.29, 1.82) is 5.41 Å². The monoisotopic (exact) mass is 145 g/mol. The zero-order valence-corrected chi connectivity index (χ0v) is 6.38. The van der Waals surface area contributed by atoms with E-state index in [-0.39, 0.29) is 0 Å². The maximum atomic E-state index is 7.52. The van der Waals surface area contributed by atoms with E-state index in [9.17, 15) is 0 Å². The smallest absolute Gasteiger partial charge is 0.0220 e. The van der Waals surface area contributed by atoms with Gasteiger partial charge in [-0.25, -0.2) is 0 Å². The van der Waals surface area contributed by atoms with Crippen LogP contribution >= 0.6 is 0 Å². The van der Waals surface area contributed by atoms with E-state index in [1.807, 2.05) is 18.2 Å². The molecule has 0 radical (unpaired) electrons. The van der Waals surface area contributed by atoms with Gasteiger partial charge in [-0.2, -0.15) is 0 Å². The molecule has 0 aromatic heterocycles. The van der Waals surface area contributed by atoms with E-state index in [0.29, 0.717) is 5.92 Å². The Hall–Kier alpha value is -1.11. The first-order valence-corrected chi connectivity index (χ1v) is 4.00. The second kappa shape index (κ2) is 2.50. The van der Waals surface area contributed by atoms with Gasteiger partial charge >= 0.3 is 0 Å². The van der Waals surface area contributed by atoms with Crippen LogP contribution in [0.5, 0.6) is 0 Å². The zero-order valence-electron chi connectivity index (χ0n) is 6.38. The average Bonchev–Trinajstić information content (AvgIpc) is 2.04. The lowest BCUT2D eigenvalue weighted by atomic mass is 9.78. The maximum absolute atomic E-state index is 7.52. The van der Waals surface area contributed by atoms with Crippen LogP contribution in [0.3, 0.4) is 0 Å². The largest absolute Gasteiger partial charge is 0.309 e. The molecule has 1 atom stereocenters. The van der Waals surface area contributed by atoms with Crippen LogP contribution in [0.4, 0.5) is 0 Å². The van der Waals surface area contributed by atoms with Gasteiger partial charge in [0.15, 0.2) is 0 Å². The van der Waals surface area contributed by atoms with E-state index < -0.39 is 0 Å². The fourth-order valence-electron chi connectivity index (χ4n) is 1.49. The first kappa shape index (κ1) is 6.59. The molecule has 0 saturated heterocycles. The van der Waals surface area contributed by atoms with Crippen LogP contribution in [0.25, 0.3) is 0 Å². The molecule has 56 valence electrons. The van der Waals surface area contributed by atoms with Crippen LogP contribution in [-0.4, -0.2) is 5.71 Å². The van der Waals surface area contributed by atoms with Crippen LogP contribution in [-0.2, 0) is 0 Å². The van der Waals surface area contributed by atoms with Gasteiger partial charge in [-0.15, -0.1) is 0 Å². The van der Waals surface area contributed by atoms with E-state index in [0.717, 1.165) is 12.1 Å². The standard InChI is InChI=1S/C10H11N/c11-10-7-6-9(10)8-4-2-1-3-5-8/h1-5,9,11H,6-7H2. The number of hydrogen-bond acceptors (Lipinski definition) is 1. The molecule has 0 aliphatic heterocycles. The molecule has 11 heavy (non-hydrogen) atoms. The molecule has 0 bridgehead atoms. The van der Waals surface area contributed by atoms with Crippen molar-refractivity contribution < 1.29 is 0 Å². The Labute approximate surface area is 66.6 Å². The summed E-state index contributed by atoms with van der Waals surface area (Å²) in [7, 11) is 0. The predicted octanol–water partition coefficient (Wildman–Crippen LogP) is 2.58. The molecule has 0 spiro atoms. The Kier molecular flexibility index (Phi) is 1.50. The lowest BCUT2D eigenvalue weighted by Gasteiger charge is -2.27. The lowest BCUT2D eigenvalue weighted by Crippen LogP contribution is -2.22. The van der Waals surface area contributed by atoms with Crippen molar-refractivity contribution in [1.82, 2.24) is 0 Å². The van der Waals surface area contributed by atoms with Crippen molar-refractivity contribution in [3.05, 3.63) is 35.9 Å². The van der Waals surface area contributed by atoms with Crippen molar-refractivity contribution in [3.8, 4) is 0 Å². The van der Waals surface area contributed by atoms with Crippen LogP contribution in [0.1, 0.15) is 24.3 Å². The fraction of sp³-hybridized carbons (Fsp3) is 0.300. The van der Waals surface area contributed by atoms with Gasteiger partial charge in [-0.1, -0.05) is 30.3 Å². The Morgan fingerprint density at radius 1 is 1.18 bits per heavy atom. The highest BCUT2D eigenvalue weighted by Crippen LogP contribution is 2.32. The summed E-state index contributed by atoms with van der Waals surface area (Å²) in [5.74, 6) is 0.441. The second-order valence-electron chi connectivity index (χ2n) is 3.03. The number of nitrogens with one attached hydrogen (secondary N) is 1. The zero-order chi connectivity index (χ0) is 7.68. The SMILES string of the molecule is N=C1CCC1c1ccccc1. The van der Waals surface area contributed by atoms with Crippen LogP contribution < -0.4 is 0 Å². The summed E-state index contributed by atoms with van der Waals surface area (Å²) in [6.07, 6.45) is 2.17. The van der Waals surface area contributed by atoms with E-state index in [2.05, 4.69) is 12.1 Å². The van der Waals surface area contributed by atoms with Crippen LogP contribution in [0.2, 0.25) is 0 Å². The molecule has 0 amide bonds. The van der Waals surface area contributed by atoms with E-state index >= 15 is 0 Å². The van der Waals surface area contributed by atoms with E-state index in [1.54, 1.807) is 0 Å². The normalized spacial score (nSPS) is 22.9. The summed E-state index contributed by atoms with van der Waals surface area (Å²) < 4.78 is 0. The molecule has 1 heteroatoms. The molecular formula is C10H11N. The van der Waals surface area contributed by atoms with E-state index in [1.165, 1.54) is 12.0 Å². The highest BCUT2D eigenvalue weighted by atomic mass is 14.5. The maximum Gasteiger partial charge on any atom is 0.0220 e. The summed E-state index contributed by atoms with van der Waals surface area (Å²) in [6.45, 7) is 0.